The van der Waals surface area contributed by atoms with Crippen molar-refractivity contribution < 1.29 is 9.32 Å². The van der Waals surface area contributed by atoms with Crippen molar-refractivity contribution in [3.8, 4) is 11.6 Å². The Bertz CT molecular complexity index is 824. The molecule has 3 aromatic rings. The maximum atomic E-state index is 12.8. The molecule has 118 valence electrons. The average Bonchev–Trinajstić information content (AvgIpc) is 3.14. The van der Waals surface area contributed by atoms with Crippen molar-refractivity contribution in [1.29, 1.82) is 0 Å². The first-order valence-electron chi connectivity index (χ1n) is 7.16. The van der Waals surface area contributed by atoms with E-state index in [1.165, 1.54) is 6.20 Å². The molecular formula is C15H16N6O2. The van der Waals surface area contributed by atoms with E-state index in [2.05, 4.69) is 20.1 Å². The summed E-state index contributed by atoms with van der Waals surface area (Å²) < 4.78 is 6.62. The molecule has 0 bridgehead atoms. The number of aromatic nitrogens is 5. The molecule has 3 rings (SSSR count). The predicted octanol–water partition coefficient (Wildman–Crippen LogP) is 1.84. The van der Waals surface area contributed by atoms with E-state index in [1.54, 1.807) is 41.9 Å². The topological polar surface area (TPSA) is 89.9 Å². The van der Waals surface area contributed by atoms with Crippen LogP contribution in [0, 0.1) is 6.92 Å². The van der Waals surface area contributed by atoms with E-state index in [0.717, 1.165) is 5.69 Å². The van der Waals surface area contributed by atoms with Crippen LogP contribution < -0.4 is 4.90 Å². The Balaban J connectivity index is 1.95. The zero-order chi connectivity index (χ0) is 16.4. The number of hydrogen-bond donors (Lipinski definition) is 0. The first-order valence-corrected chi connectivity index (χ1v) is 7.16. The van der Waals surface area contributed by atoms with Gasteiger partial charge in [0.25, 0.3) is 5.91 Å². The maximum absolute atomic E-state index is 12.8. The normalized spacial score (nSPS) is 10.7. The molecular weight excluding hydrogens is 296 g/mol. The van der Waals surface area contributed by atoms with Gasteiger partial charge in [0.2, 0.25) is 11.7 Å². The fourth-order valence-electron chi connectivity index (χ4n) is 2.30. The SMILES string of the molecule is CCN(C(=O)c1cnc(-c2noc(C)n2)n1C)c1cccnc1. The molecule has 0 saturated heterocycles. The molecule has 8 nitrogen and oxygen atoms in total. The molecule has 8 heteroatoms. The second kappa shape index (κ2) is 5.99. The molecule has 0 aliphatic rings. The summed E-state index contributed by atoms with van der Waals surface area (Å²) in [6.07, 6.45) is 4.84. The van der Waals surface area contributed by atoms with Gasteiger partial charge in [-0.05, 0) is 19.1 Å². The molecule has 0 fully saturated rings. The van der Waals surface area contributed by atoms with E-state index >= 15 is 0 Å². The van der Waals surface area contributed by atoms with Gasteiger partial charge in [-0.2, -0.15) is 4.98 Å². The van der Waals surface area contributed by atoms with Crippen LogP contribution in [0.3, 0.4) is 0 Å². The molecule has 0 radical (unpaired) electrons. The van der Waals surface area contributed by atoms with Crippen LogP contribution in [-0.2, 0) is 7.05 Å². The van der Waals surface area contributed by atoms with Crippen molar-refractivity contribution in [1.82, 2.24) is 24.7 Å². The van der Waals surface area contributed by atoms with Crippen molar-refractivity contribution in [3.05, 3.63) is 42.3 Å². The lowest BCUT2D eigenvalue weighted by molar-refractivity contribution is 0.0980. The lowest BCUT2D eigenvalue weighted by Gasteiger charge is -2.20. The van der Waals surface area contributed by atoms with Gasteiger partial charge < -0.3 is 14.0 Å². The summed E-state index contributed by atoms with van der Waals surface area (Å²) in [7, 11) is 1.75. The Kier molecular flexibility index (Phi) is 3.88. The third-order valence-corrected chi connectivity index (χ3v) is 3.45. The van der Waals surface area contributed by atoms with Crippen LogP contribution >= 0.6 is 0 Å². The Hall–Kier alpha value is -3.03. The summed E-state index contributed by atoms with van der Waals surface area (Å²) in [4.78, 5) is 26.9. The molecule has 0 atom stereocenters. The summed E-state index contributed by atoms with van der Waals surface area (Å²) in [6.45, 7) is 4.13. The number of imidazole rings is 1. The van der Waals surface area contributed by atoms with Crippen LogP contribution in [0.15, 0.2) is 35.2 Å². The van der Waals surface area contributed by atoms with Gasteiger partial charge in [0, 0.05) is 26.7 Å². The molecule has 1 amide bonds. The fourth-order valence-corrected chi connectivity index (χ4v) is 2.30. The van der Waals surface area contributed by atoms with E-state index < -0.39 is 0 Å². The summed E-state index contributed by atoms with van der Waals surface area (Å²) in [6, 6.07) is 3.64. The monoisotopic (exact) mass is 312 g/mol. The Labute approximate surface area is 132 Å². The maximum Gasteiger partial charge on any atom is 0.276 e. The summed E-state index contributed by atoms with van der Waals surface area (Å²) >= 11 is 0. The standard InChI is InChI=1S/C15H16N6O2/c1-4-21(11-6-5-7-16-8-11)15(22)12-9-17-14(20(12)3)13-18-10(2)23-19-13/h5-9H,4H2,1-3H3. The number of pyridine rings is 1. The molecule has 23 heavy (non-hydrogen) atoms. The van der Waals surface area contributed by atoms with Gasteiger partial charge in [0.15, 0.2) is 5.82 Å². The second-order valence-corrected chi connectivity index (χ2v) is 4.92. The first-order chi connectivity index (χ1) is 11.1. The van der Waals surface area contributed by atoms with Gasteiger partial charge in [0.05, 0.1) is 18.1 Å². The van der Waals surface area contributed by atoms with Crippen molar-refractivity contribution in [3.63, 3.8) is 0 Å². The highest BCUT2D eigenvalue weighted by molar-refractivity contribution is 6.05. The molecule has 3 heterocycles. The zero-order valence-electron chi connectivity index (χ0n) is 13.1. The fraction of sp³-hybridized carbons (Fsp3) is 0.267. The van der Waals surface area contributed by atoms with Crippen LogP contribution in [0.1, 0.15) is 23.3 Å². The Morgan fingerprint density at radius 3 is 2.83 bits per heavy atom. The van der Waals surface area contributed by atoms with E-state index in [-0.39, 0.29) is 5.91 Å². The Morgan fingerprint density at radius 2 is 2.22 bits per heavy atom. The van der Waals surface area contributed by atoms with E-state index in [4.69, 9.17) is 4.52 Å². The minimum Gasteiger partial charge on any atom is -0.339 e. The number of rotatable bonds is 4. The molecule has 0 saturated carbocycles. The van der Waals surface area contributed by atoms with Crippen molar-refractivity contribution in [2.24, 2.45) is 7.05 Å². The van der Waals surface area contributed by atoms with Crippen molar-refractivity contribution in [2.75, 3.05) is 11.4 Å². The van der Waals surface area contributed by atoms with Gasteiger partial charge in [0.1, 0.15) is 5.69 Å². The van der Waals surface area contributed by atoms with E-state index in [9.17, 15) is 4.79 Å². The number of carbonyl (C=O) groups excluding carboxylic acids is 1. The third-order valence-electron chi connectivity index (χ3n) is 3.45. The quantitative estimate of drug-likeness (QED) is 0.730. The van der Waals surface area contributed by atoms with Gasteiger partial charge in [-0.15, -0.1) is 0 Å². The number of nitrogens with zero attached hydrogens (tertiary/aromatic N) is 6. The molecule has 0 N–H and O–H groups in total. The number of carbonyl (C=O) groups is 1. The van der Waals surface area contributed by atoms with Crippen LogP contribution in [0.4, 0.5) is 5.69 Å². The highest BCUT2D eigenvalue weighted by Crippen LogP contribution is 2.19. The van der Waals surface area contributed by atoms with Crippen LogP contribution in [0.25, 0.3) is 11.6 Å². The van der Waals surface area contributed by atoms with Crippen LogP contribution in [0.2, 0.25) is 0 Å². The molecule has 0 aromatic carbocycles. The minimum absolute atomic E-state index is 0.165. The lowest BCUT2D eigenvalue weighted by Crippen LogP contribution is -2.32. The highest BCUT2D eigenvalue weighted by Gasteiger charge is 2.23. The van der Waals surface area contributed by atoms with Gasteiger partial charge in [-0.3, -0.25) is 9.78 Å². The smallest absolute Gasteiger partial charge is 0.276 e. The van der Waals surface area contributed by atoms with Gasteiger partial charge in [-0.25, -0.2) is 4.98 Å². The lowest BCUT2D eigenvalue weighted by atomic mass is 10.3. The second-order valence-electron chi connectivity index (χ2n) is 4.92. The number of amides is 1. The van der Waals surface area contributed by atoms with Crippen molar-refractivity contribution >= 4 is 11.6 Å². The molecule has 0 spiro atoms. The number of anilines is 1. The summed E-state index contributed by atoms with van der Waals surface area (Å²) in [5, 5.41) is 3.84. The largest absolute Gasteiger partial charge is 0.339 e. The zero-order valence-corrected chi connectivity index (χ0v) is 13.1. The van der Waals surface area contributed by atoms with Crippen LogP contribution in [0.5, 0.6) is 0 Å². The third kappa shape index (κ3) is 2.70. The van der Waals surface area contributed by atoms with Crippen molar-refractivity contribution in [2.45, 2.75) is 13.8 Å². The van der Waals surface area contributed by atoms with E-state index in [1.807, 2.05) is 13.0 Å². The average molecular weight is 312 g/mol. The molecule has 3 aromatic heterocycles. The predicted molar refractivity (Wildman–Crippen MR) is 82.8 cm³/mol. The number of aryl methyl sites for hydroxylation is 1. The highest BCUT2D eigenvalue weighted by atomic mass is 16.5. The Morgan fingerprint density at radius 1 is 1.39 bits per heavy atom. The summed E-state index contributed by atoms with van der Waals surface area (Å²) in [5.41, 5.74) is 1.17. The summed E-state index contributed by atoms with van der Waals surface area (Å²) in [5.74, 6) is 1.12. The first kappa shape index (κ1) is 14.9. The molecule has 0 aliphatic carbocycles. The molecule has 0 aliphatic heterocycles. The van der Waals surface area contributed by atoms with Gasteiger partial charge in [-0.1, -0.05) is 5.16 Å². The molecule has 0 unspecified atom stereocenters. The minimum atomic E-state index is -0.165. The van der Waals surface area contributed by atoms with Gasteiger partial charge >= 0.3 is 0 Å². The number of hydrogen-bond acceptors (Lipinski definition) is 6. The van der Waals surface area contributed by atoms with E-state index in [0.29, 0.717) is 29.8 Å². The van der Waals surface area contributed by atoms with Crippen LogP contribution in [-0.4, -0.2) is 37.1 Å².